The summed E-state index contributed by atoms with van der Waals surface area (Å²) in [5.41, 5.74) is 4.28. The summed E-state index contributed by atoms with van der Waals surface area (Å²) in [6, 6.07) is 3.57. The largest absolute Gasteiger partial charge is 0.416 e. The highest BCUT2D eigenvalue weighted by atomic mass is 19.4. The first kappa shape index (κ1) is 27.1. The van der Waals surface area contributed by atoms with Gasteiger partial charge in [0.1, 0.15) is 12.1 Å². The van der Waals surface area contributed by atoms with Gasteiger partial charge in [0.25, 0.3) is 0 Å². The van der Waals surface area contributed by atoms with Crippen LogP contribution < -0.4 is 10.6 Å². The number of alkyl halides is 3. The standard InChI is InChI=1S/C27H34F3N5O2/c1-3-11-26(37,12-4-2)18-5-8-20(9-6-18)34-14-21(15-34)35(16-24(31)36)25-22-13-19(27(28,29)30)7-10-23(22)32-17-33-25/h3-4,7,10,13,17-18,20-21,37H,1-2,5-6,8-9,11-12,14-16H2,(H2,31,36). The molecular weight excluding hydrogens is 483 g/mol. The molecule has 0 unspecified atom stereocenters. The van der Waals surface area contributed by atoms with Crippen molar-refractivity contribution in [3.63, 3.8) is 0 Å². The monoisotopic (exact) mass is 517 g/mol. The number of halogens is 3. The molecule has 1 aliphatic heterocycles. The van der Waals surface area contributed by atoms with Crippen LogP contribution in [0.1, 0.15) is 44.1 Å². The van der Waals surface area contributed by atoms with E-state index in [2.05, 4.69) is 28.0 Å². The number of rotatable bonds is 10. The Bertz CT molecular complexity index is 1130. The van der Waals surface area contributed by atoms with Gasteiger partial charge in [-0.05, 0) is 62.6 Å². The average Bonchev–Trinajstić information content (AvgIpc) is 2.81. The van der Waals surface area contributed by atoms with Crippen LogP contribution >= 0.6 is 0 Å². The van der Waals surface area contributed by atoms with Gasteiger partial charge in [-0.25, -0.2) is 9.97 Å². The van der Waals surface area contributed by atoms with Gasteiger partial charge in [-0.2, -0.15) is 13.2 Å². The van der Waals surface area contributed by atoms with Crippen LogP contribution in [-0.4, -0.2) is 63.2 Å². The molecule has 2 aliphatic rings. The van der Waals surface area contributed by atoms with Crippen molar-refractivity contribution in [3.05, 3.63) is 55.4 Å². The maximum Gasteiger partial charge on any atom is 0.416 e. The quantitative estimate of drug-likeness (QED) is 0.462. The molecule has 0 spiro atoms. The Morgan fingerprint density at radius 2 is 1.78 bits per heavy atom. The lowest BCUT2D eigenvalue weighted by Crippen LogP contribution is -2.64. The SMILES string of the molecule is C=CCC(O)(CC=C)C1CCC(N2CC(N(CC(N)=O)c3ncnc4ccc(C(F)(F)F)cc34)C2)CC1. The maximum atomic E-state index is 13.4. The zero-order valence-corrected chi connectivity index (χ0v) is 20.8. The van der Waals surface area contributed by atoms with E-state index in [0.29, 0.717) is 37.5 Å². The number of aromatic nitrogens is 2. The highest BCUT2D eigenvalue weighted by Gasteiger charge is 2.42. The van der Waals surface area contributed by atoms with Crippen LogP contribution in [0.5, 0.6) is 0 Å². The lowest BCUT2D eigenvalue weighted by molar-refractivity contribution is -0.137. The van der Waals surface area contributed by atoms with E-state index in [1.807, 2.05) is 0 Å². The number of benzene rings is 1. The van der Waals surface area contributed by atoms with Gasteiger partial charge in [0.2, 0.25) is 5.91 Å². The van der Waals surface area contributed by atoms with Crippen LogP contribution in [-0.2, 0) is 11.0 Å². The zero-order valence-electron chi connectivity index (χ0n) is 20.8. The fourth-order valence-corrected chi connectivity index (χ4v) is 5.87. The van der Waals surface area contributed by atoms with Gasteiger partial charge in [0.15, 0.2) is 0 Å². The van der Waals surface area contributed by atoms with E-state index in [0.717, 1.165) is 37.8 Å². The van der Waals surface area contributed by atoms with Crippen LogP contribution in [0.15, 0.2) is 49.8 Å². The second kappa shape index (κ2) is 10.8. The number of fused-ring (bicyclic) bond motifs is 1. The Morgan fingerprint density at radius 1 is 1.14 bits per heavy atom. The number of primary amides is 1. The van der Waals surface area contributed by atoms with Gasteiger partial charge in [-0.15, -0.1) is 13.2 Å². The first-order valence-electron chi connectivity index (χ1n) is 12.6. The van der Waals surface area contributed by atoms with Crippen LogP contribution in [0.3, 0.4) is 0 Å². The molecule has 1 saturated carbocycles. The van der Waals surface area contributed by atoms with Gasteiger partial charge < -0.3 is 15.7 Å². The fraction of sp³-hybridized carbons (Fsp3) is 0.519. The summed E-state index contributed by atoms with van der Waals surface area (Å²) in [7, 11) is 0. The minimum absolute atomic E-state index is 0.115. The minimum atomic E-state index is -4.51. The average molecular weight is 518 g/mol. The van der Waals surface area contributed by atoms with Crippen LogP contribution in [0, 0.1) is 5.92 Å². The third kappa shape index (κ3) is 5.80. The van der Waals surface area contributed by atoms with E-state index >= 15 is 0 Å². The molecule has 0 radical (unpaired) electrons. The molecule has 1 aromatic carbocycles. The van der Waals surface area contributed by atoms with E-state index in [-0.39, 0.29) is 29.7 Å². The van der Waals surface area contributed by atoms with Crippen LogP contribution in [0.2, 0.25) is 0 Å². The Morgan fingerprint density at radius 3 is 2.35 bits per heavy atom. The second-order valence-corrected chi connectivity index (χ2v) is 10.2. The molecule has 10 heteroatoms. The number of hydrogen-bond acceptors (Lipinski definition) is 6. The normalized spacial score (nSPS) is 21.4. The number of likely N-dealkylation sites (tertiary alicyclic amines) is 1. The third-order valence-electron chi connectivity index (χ3n) is 7.84. The molecule has 7 nitrogen and oxygen atoms in total. The predicted octanol–water partition coefficient (Wildman–Crippen LogP) is 4.07. The number of amides is 1. The molecule has 1 aliphatic carbocycles. The summed E-state index contributed by atoms with van der Waals surface area (Å²) in [6.45, 7) is 8.73. The van der Waals surface area contributed by atoms with Crippen molar-refractivity contribution in [1.82, 2.24) is 14.9 Å². The smallest absolute Gasteiger partial charge is 0.389 e. The third-order valence-corrected chi connectivity index (χ3v) is 7.84. The Hall–Kier alpha value is -2.98. The van der Waals surface area contributed by atoms with E-state index in [9.17, 15) is 23.1 Å². The van der Waals surface area contributed by atoms with Crippen molar-refractivity contribution in [3.8, 4) is 0 Å². The summed E-state index contributed by atoms with van der Waals surface area (Å²) in [4.78, 5) is 24.3. The molecule has 0 bridgehead atoms. The number of nitrogens with two attached hydrogens (primary N) is 1. The number of carbonyl (C=O) groups excluding carboxylic acids is 1. The molecule has 200 valence electrons. The van der Waals surface area contributed by atoms with E-state index < -0.39 is 23.2 Å². The first-order valence-corrected chi connectivity index (χ1v) is 12.6. The van der Waals surface area contributed by atoms with Gasteiger partial charge in [0.05, 0.1) is 29.3 Å². The van der Waals surface area contributed by atoms with Gasteiger partial charge in [-0.3, -0.25) is 9.69 Å². The molecule has 1 amide bonds. The van der Waals surface area contributed by atoms with Crippen molar-refractivity contribution in [1.29, 1.82) is 0 Å². The minimum Gasteiger partial charge on any atom is -0.389 e. The van der Waals surface area contributed by atoms with Crippen molar-refractivity contribution in [2.24, 2.45) is 11.7 Å². The number of aliphatic hydroxyl groups is 1. The highest BCUT2D eigenvalue weighted by Crippen LogP contribution is 2.40. The van der Waals surface area contributed by atoms with Gasteiger partial charge >= 0.3 is 6.18 Å². The summed E-state index contributed by atoms with van der Waals surface area (Å²) >= 11 is 0. The molecule has 1 saturated heterocycles. The number of anilines is 1. The van der Waals surface area contributed by atoms with Gasteiger partial charge in [0, 0.05) is 24.5 Å². The highest BCUT2D eigenvalue weighted by molar-refractivity contribution is 5.92. The molecule has 4 rings (SSSR count). The lowest BCUT2D eigenvalue weighted by atomic mass is 9.72. The van der Waals surface area contributed by atoms with E-state index in [1.54, 1.807) is 17.1 Å². The second-order valence-electron chi connectivity index (χ2n) is 10.2. The number of nitrogens with zero attached hydrogens (tertiary/aromatic N) is 4. The Labute approximate surface area is 214 Å². The summed E-state index contributed by atoms with van der Waals surface area (Å²) in [5.74, 6) is -0.123. The molecule has 3 N–H and O–H groups in total. The summed E-state index contributed by atoms with van der Waals surface area (Å²) in [6.07, 6.45) is 5.04. The summed E-state index contributed by atoms with van der Waals surface area (Å²) in [5, 5.41) is 11.4. The number of hydrogen-bond donors (Lipinski definition) is 2. The molecule has 0 atom stereocenters. The lowest BCUT2D eigenvalue weighted by Gasteiger charge is -2.51. The van der Waals surface area contributed by atoms with Crippen LogP contribution in [0.4, 0.5) is 19.0 Å². The number of carbonyl (C=O) groups is 1. The first-order chi connectivity index (χ1) is 17.6. The van der Waals surface area contributed by atoms with E-state index in [1.165, 1.54) is 12.4 Å². The zero-order chi connectivity index (χ0) is 26.8. The van der Waals surface area contributed by atoms with Crippen molar-refractivity contribution in [2.45, 2.75) is 62.4 Å². The maximum absolute atomic E-state index is 13.4. The topological polar surface area (TPSA) is 95.6 Å². The Kier molecular flexibility index (Phi) is 7.89. The molecular formula is C27H34F3N5O2. The van der Waals surface area contributed by atoms with Gasteiger partial charge in [-0.1, -0.05) is 12.2 Å². The van der Waals surface area contributed by atoms with Crippen molar-refractivity contribution in [2.75, 3.05) is 24.5 Å². The fourth-order valence-electron chi connectivity index (χ4n) is 5.87. The van der Waals surface area contributed by atoms with Crippen molar-refractivity contribution >= 4 is 22.6 Å². The molecule has 2 aromatic rings. The van der Waals surface area contributed by atoms with Crippen LogP contribution in [0.25, 0.3) is 10.9 Å². The van der Waals surface area contributed by atoms with E-state index in [4.69, 9.17) is 5.73 Å². The Balaban J connectivity index is 1.47. The molecule has 2 heterocycles. The molecule has 37 heavy (non-hydrogen) atoms. The molecule has 2 fully saturated rings. The van der Waals surface area contributed by atoms with Crippen molar-refractivity contribution < 1.29 is 23.1 Å². The summed E-state index contributed by atoms with van der Waals surface area (Å²) < 4.78 is 40.1. The predicted molar refractivity (Wildman–Crippen MR) is 137 cm³/mol. The molecule has 1 aromatic heterocycles.